The summed E-state index contributed by atoms with van der Waals surface area (Å²) in [5, 5.41) is 0. The quantitative estimate of drug-likeness (QED) is 0.683. The van der Waals surface area contributed by atoms with Gasteiger partial charge in [-0.15, -0.1) is 0 Å². The highest BCUT2D eigenvalue weighted by atomic mass is 16.2. The highest BCUT2D eigenvalue weighted by Gasteiger charge is 2.24. The zero-order valence-corrected chi connectivity index (χ0v) is 10.3. The van der Waals surface area contributed by atoms with Crippen LogP contribution in [0.4, 0.5) is 0 Å². The van der Waals surface area contributed by atoms with E-state index in [0.717, 1.165) is 32.4 Å². The second kappa shape index (κ2) is 6.86. The molecule has 1 fully saturated rings. The molecule has 0 atom stereocenters. The molecule has 2 heteroatoms. The average Bonchev–Trinajstić information content (AvgIpc) is 2.31. The van der Waals surface area contributed by atoms with Crippen LogP contribution in [0, 0.1) is 5.92 Å². The molecule has 1 aliphatic rings. The van der Waals surface area contributed by atoms with Crippen LogP contribution in [-0.4, -0.2) is 23.9 Å². The molecule has 1 saturated carbocycles. The maximum Gasteiger partial charge on any atom is 0.225 e. The number of carbonyl (C=O) groups is 1. The Morgan fingerprint density at radius 2 is 1.87 bits per heavy atom. The molecule has 1 rings (SSSR count). The number of hydrogen-bond donors (Lipinski definition) is 0. The highest BCUT2D eigenvalue weighted by Crippen LogP contribution is 2.25. The standard InChI is InChI=1S/C13H25NO/c1-3-5-11-14(4-2)13(15)12-9-7-6-8-10-12/h12H,3-11H2,1-2H3. The maximum absolute atomic E-state index is 12.2. The molecular weight excluding hydrogens is 186 g/mol. The summed E-state index contributed by atoms with van der Waals surface area (Å²) in [5.41, 5.74) is 0. The van der Waals surface area contributed by atoms with Crippen molar-refractivity contribution in [1.29, 1.82) is 0 Å². The van der Waals surface area contributed by atoms with E-state index in [1.807, 2.05) is 0 Å². The van der Waals surface area contributed by atoms with Gasteiger partial charge in [0.15, 0.2) is 0 Å². The third-order valence-electron chi connectivity index (χ3n) is 3.43. The lowest BCUT2D eigenvalue weighted by molar-refractivity contribution is -0.136. The molecule has 0 aromatic rings. The van der Waals surface area contributed by atoms with Gasteiger partial charge >= 0.3 is 0 Å². The van der Waals surface area contributed by atoms with Gasteiger partial charge in [0.25, 0.3) is 0 Å². The van der Waals surface area contributed by atoms with E-state index in [1.165, 1.54) is 25.7 Å². The van der Waals surface area contributed by atoms with Crippen molar-refractivity contribution >= 4 is 5.91 Å². The molecule has 0 heterocycles. The van der Waals surface area contributed by atoms with Gasteiger partial charge in [0.1, 0.15) is 0 Å². The summed E-state index contributed by atoms with van der Waals surface area (Å²) in [6.45, 7) is 6.12. The zero-order valence-electron chi connectivity index (χ0n) is 10.3. The zero-order chi connectivity index (χ0) is 11.1. The minimum Gasteiger partial charge on any atom is -0.343 e. The Labute approximate surface area is 94.0 Å². The molecule has 15 heavy (non-hydrogen) atoms. The molecule has 0 radical (unpaired) electrons. The van der Waals surface area contributed by atoms with Gasteiger partial charge < -0.3 is 4.90 Å². The van der Waals surface area contributed by atoms with Gasteiger partial charge in [-0.1, -0.05) is 32.6 Å². The monoisotopic (exact) mass is 211 g/mol. The molecule has 1 amide bonds. The third-order valence-corrected chi connectivity index (χ3v) is 3.43. The van der Waals surface area contributed by atoms with Crippen molar-refractivity contribution in [3.8, 4) is 0 Å². The first-order chi connectivity index (χ1) is 7.29. The van der Waals surface area contributed by atoms with Crippen molar-refractivity contribution in [2.75, 3.05) is 13.1 Å². The predicted octanol–water partition coefficient (Wildman–Crippen LogP) is 3.22. The smallest absolute Gasteiger partial charge is 0.225 e. The van der Waals surface area contributed by atoms with Crippen LogP contribution in [0.1, 0.15) is 58.8 Å². The summed E-state index contributed by atoms with van der Waals surface area (Å²) in [7, 11) is 0. The fourth-order valence-corrected chi connectivity index (χ4v) is 2.38. The molecular formula is C13H25NO. The van der Waals surface area contributed by atoms with E-state index in [2.05, 4.69) is 18.7 Å². The lowest BCUT2D eigenvalue weighted by Crippen LogP contribution is -2.37. The number of rotatable bonds is 5. The summed E-state index contributed by atoms with van der Waals surface area (Å²) in [6, 6.07) is 0. The van der Waals surface area contributed by atoms with E-state index in [0.29, 0.717) is 11.8 Å². The minimum absolute atomic E-state index is 0.343. The van der Waals surface area contributed by atoms with E-state index in [-0.39, 0.29) is 0 Å². The molecule has 0 spiro atoms. The Bertz CT molecular complexity index is 185. The van der Waals surface area contributed by atoms with Crippen molar-refractivity contribution in [1.82, 2.24) is 4.90 Å². The molecule has 0 aliphatic heterocycles. The maximum atomic E-state index is 12.2. The van der Waals surface area contributed by atoms with Gasteiger partial charge in [0.05, 0.1) is 0 Å². The van der Waals surface area contributed by atoms with Crippen molar-refractivity contribution in [3.63, 3.8) is 0 Å². The number of nitrogens with zero attached hydrogens (tertiary/aromatic N) is 1. The van der Waals surface area contributed by atoms with Gasteiger partial charge in [-0.2, -0.15) is 0 Å². The van der Waals surface area contributed by atoms with E-state index in [4.69, 9.17) is 0 Å². The second-order valence-electron chi connectivity index (χ2n) is 4.61. The summed E-state index contributed by atoms with van der Waals surface area (Å²) < 4.78 is 0. The molecule has 0 aromatic heterocycles. The molecule has 1 aliphatic carbocycles. The number of unbranched alkanes of at least 4 members (excludes halogenated alkanes) is 1. The van der Waals surface area contributed by atoms with Gasteiger partial charge in [0, 0.05) is 19.0 Å². The molecule has 0 unspecified atom stereocenters. The van der Waals surface area contributed by atoms with Gasteiger partial charge in [0.2, 0.25) is 5.91 Å². The minimum atomic E-state index is 0.343. The number of carbonyl (C=O) groups excluding carboxylic acids is 1. The Morgan fingerprint density at radius 3 is 2.40 bits per heavy atom. The van der Waals surface area contributed by atoms with Crippen LogP contribution in [-0.2, 0) is 4.79 Å². The summed E-state index contributed by atoms with van der Waals surface area (Å²) >= 11 is 0. The third kappa shape index (κ3) is 3.84. The summed E-state index contributed by atoms with van der Waals surface area (Å²) in [4.78, 5) is 14.2. The van der Waals surface area contributed by atoms with E-state index >= 15 is 0 Å². The lowest BCUT2D eigenvalue weighted by Gasteiger charge is -2.28. The van der Waals surface area contributed by atoms with Crippen LogP contribution >= 0.6 is 0 Å². The molecule has 0 aromatic carbocycles. The number of amides is 1. The Hall–Kier alpha value is -0.530. The van der Waals surface area contributed by atoms with E-state index in [9.17, 15) is 4.79 Å². The van der Waals surface area contributed by atoms with E-state index in [1.54, 1.807) is 0 Å². The van der Waals surface area contributed by atoms with Crippen LogP contribution in [0.3, 0.4) is 0 Å². The predicted molar refractivity (Wildman–Crippen MR) is 63.7 cm³/mol. The topological polar surface area (TPSA) is 20.3 Å². The van der Waals surface area contributed by atoms with Gasteiger partial charge in [-0.25, -0.2) is 0 Å². The molecule has 2 nitrogen and oxygen atoms in total. The van der Waals surface area contributed by atoms with Crippen molar-refractivity contribution in [3.05, 3.63) is 0 Å². The first kappa shape index (κ1) is 12.5. The Morgan fingerprint density at radius 1 is 1.20 bits per heavy atom. The Balaban J connectivity index is 2.40. The van der Waals surface area contributed by atoms with Crippen molar-refractivity contribution in [2.45, 2.75) is 58.8 Å². The summed E-state index contributed by atoms with van der Waals surface area (Å²) in [5.74, 6) is 0.765. The Kier molecular flexibility index (Phi) is 5.74. The molecule has 0 saturated heterocycles. The fraction of sp³-hybridized carbons (Fsp3) is 0.923. The average molecular weight is 211 g/mol. The van der Waals surface area contributed by atoms with Crippen LogP contribution in [0.25, 0.3) is 0 Å². The van der Waals surface area contributed by atoms with Crippen LogP contribution in [0.2, 0.25) is 0 Å². The highest BCUT2D eigenvalue weighted by molar-refractivity contribution is 5.78. The largest absolute Gasteiger partial charge is 0.343 e. The normalized spacial score (nSPS) is 17.7. The first-order valence-corrected chi connectivity index (χ1v) is 6.58. The first-order valence-electron chi connectivity index (χ1n) is 6.58. The van der Waals surface area contributed by atoms with Crippen LogP contribution < -0.4 is 0 Å². The van der Waals surface area contributed by atoms with Crippen LogP contribution in [0.5, 0.6) is 0 Å². The van der Waals surface area contributed by atoms with Gasteiger partial charge in [-0.3, -0.25) is 4.79 Å². The second-order valence-corrected chi connectivity index (χ2v) is 4.61. The van der Waals surface area contributed by atoms with Crippen molar-refractivity contribution in [2.24, 2.45) is 5.92 Å². The van der Waals surface area contributed by atoms with Gasteiger partial charge in [-0.05, 0) is 26.2 Å². The SMILES string of the molecule is CCCCN(CC)C(=O)C1CCCCC1. The number of hydrogen-bond acceptors (Lipinski definition) is 1. The molecule has 0 N–H and O–H groups in total. The fourth-order valence-electron chi connectivity index (χ4n) is 2.38. The molecule has 0 bridgehead atoms. The molecule has 88 valence electrons. The van der Waals surface area contributed by atoms with Crippen molar-refractivity contribution < 1.29 is 4.79 Å². The lowest BCUT2D eigenvalue weighted by atomic mass is 9.88. The summed E-state index contributed by atoms with van der Waals surface area (Å²) in [6.07, 6.45) is 8.40. The van der Waals surface area contributed by atoms with Crippen LogP contribution in [0.15, 0.2) is 0 Å². The van der Waals surface area contributed by atoms with E-state index < -0.39 is 0 Å².